The van der Waals surface area contributed by atoms with E-state index >= 15 is 0 Å². The summed E-state index contributed by atoms with van der Waals surface area (Å²) in [6.45, 7) is 1.32. The molecule has 31 heavy (non-hydrogen) atoms. The Labute approximate surface area is 190 Å². The van der Waals surface area contributed by atoms with E-state index in [0.717, 1.165) is 23.9 Å². The van der Waals surface area contributed by atoms with Crippen LogP contribution in [0.1, 0.15) is 27.9 Å². The largest absolute Gasteiger partial charge is 0.462 e. The summed E-state index contributed by atoms with van der Waals surface area (Å²) in [6, 6.07) is 8.59. The number of hydrogen-bond acceptors (Lipinski definition) is 4. The molecular formula is C24H27BrN3O3+. The third-order valence-corrected chi connectivity index (χ3v) is 7.52. The van der Waals surface area contributed by atoms with Crippen LogP contribution in [0.3, 0.4) is 0 Å². The number of carbonyl (C=O) groups excluding carboxylic acids is 1. The summed E-state index contributed by atoms with van der Waals surface area (Å²) >= 11 is 3.36. The maximum Gasteiger partial charge on any atom is 0.339 e. The standard InChI is InChI=1S/C24H26BrN3O3/c1-27-13-17-8-21-24(30-3,19-5-4-6-20(27)22(17)19)9-15(12-28(21)2)14-31-23(29)16-7-18(25)11-26-10-16/h4-7,10-11,13,15,21H,8-9,12,14H2,1-3H3/p+1/t15-,21-,24-/m1/s1. The van der Waals surface area contributed by atoms with Gasteiger partial charge in [-0.05, 0) is 45.6 Å². The van der Waals surface area contributed by atoms with Gasteiger partial charge in [0.1, 0.15) is 11.6 Å². The molecule has 1 aliphatic heterocycles. The first kappa shape index (κ1) is 20.7. The molecule has 6 nitrogen and oxygen atoms in total. The van der Waals surface area contributed by atoms with Gasteiger partial charge in [-0.1, -0.05) is 12.1 Å². The minimum absolute atomic E-state index is 0.209. The number of hydrogen-bond donors (Lipinski definition) is 1. The Morgan fingerprint density at radius 3 is 3.00 bits per heavy atom. The molecule has 4 atom stereocenters. The lowest BCUT2D eigenvalue weighted by Crippen LogP contribution is -3.17. The zero-order chi connectivity index (χ0) is 21.8. The van der Waals surface area contributed by atoms with Gasteiger partial charge >= 0.3 is 5.97 Å². The molecule has 1 unspecified atom stereocenters. The summed E-state index contributed by atoms with van der Waals surface area (Å²) in [4.78, 5) is 18.0. The summed E-state index contributed by atoms with van der Waals surface area (Å²) in [5.41, 5.74) is 3.99. The normalized spacial score (nSPS) is 27.2. The number of rotatable bonds is 4. The predicted octanol–water partition coefficient (Wildman–Crippen LogP) is 2.49. The van der Waals surface area contributed by atoms with Gasteiger partial charge in [-0.3, -0.25) is 4.98 Å². The number of pyridine rings is 1. The minimum Gasteiger partial charge on any atom is -0.462 e. The number of halogens is 1. The van der Waals surface area contributed by atoms with Crippen molar-refractivity contribution in [3.05, 3.63) is 64.0 Å². The van der Waals surface area contributed by atoms with Crippen molar-refractivity contribution in [2.75, 3.05) is 27.3 Å². The van der Waals surface area contributed by atoms with Gasteiger partial charge in [0, 0.05) is 60.5 Å². The van der Waals surface area contributed by atoms with Crippen LogP contribution in [0.2, 0.25) is 0 Å². The summed E-state index contributed by atoms with van der Waals surface area (Å²) in [5.74, 6) is -0.128. The van der Waals surface area contributed by atoms with Crippen LogP contribution in [0.15, 0.2) is 47.3 Å². The zero-order valence-electron chi connectivity index (χ0n) is 18.0. The molecule has 2 aliphatic rings. The van der Waals surface area contributed by atoms with Crippen LogP contribution in [0.4, 0.5) is 0 Å². The van der Waals surface area contributed by atoms with Crippen molar-refractivity contribution in [1.29, 1.82) is 0 Å². The van der Waals surface area contributed by atoms with Crippen LogP contribution in [0.5, 0.6) is 0 Å². The van der Waals surface area contributed by atoms with Crippen LogP contribution in [-0.4, -0.2) is 48.9 Å². The zero-order valence-corrected chi connectivity index (χ0v) is 19.6. The molecule has 1 saturated heterocycles. The molecule has 0 bridgehead atoms. The van der Waals surface area contributed by atoms with Gasteiger partial charge < -0.3 is 18.9 Å². The van der Waals surface area contributed by atoms with Gasteiger partial charge in [0.05, 0.1) is 25.8 Å². The molecular weight excluding hydrogens is 458 g/mol. The van der Waals surface area contributed by atoms with E-state index in [9.17, 15) is 4.79 Å². The summed E-state index contributed by atoms with van der Waals surface area (Å²) in [5, 5.41) is 1.33. The van der Waals surface area contributed by atoms with Crippen LogP contribution in [0.25, 0.3) is 10.9 Å². The number of fused-ring (bicyclic) bond motifs is 2. The topological polar surface area (TPSA) is 57.8 Å². The van der Waals surface area contributed by atoms with E-state index in [2.05, 4.69) is 64.0 Å². The molecule has 0 saturated carbocycles. The van der Waals surface area contributed by atoms with Gasteiger partial charge in [-0.2, -0.15) is 0 Å². The number of aryl methyl sites for hydroxylation is 1. The van der Waals surface area contributed by atoms with Crippen molar-refractivity contribution in [3.63, 3.8) is 0 Å². The minimum atomic E-state index is -0.384. The highest BCUT2D eigenvalue weighted by Gasteiger charge is 2.54. The maximum atomic E-state index is 12.5. The fourth-order valence-electron chi connectivity index (χ4n) is 5.80. The van der Waals surface area contributed by atoms with E-state index in [0.29, 0.717) is 18.2 Å². The number of methoxy groups -OCH3 is 1. The number of quaternary nitrogens is 1. The Morgan fingerprint density at radius 1 is 1.39 bits per heavy atom. The number of benzene rings is 1. The third kappa shape index (κ3) is 3.30. The maximum absolute atomic E-state index is 12.5. The van der Waals surface area contributed by atoms with Crippen LogP contribution in [-0.2, 0) is 28.5 Å². The monoisotopic (exact) mass is 484 g/mol. The summed E-state index contributed by atoms with van der Waals surface area (Å²) < 4.78 is 15.1. The molecule has 3 heterocycles. The number of aromatic nitrogens is 2. The third-order valence-electron chi connectivity index (χ3n) is 7.09. The molecule has 5 rings (SSSR count). The molecule has 1 fully saturated rings. The Bertz CT molecular complexity index is 1160. The average Bonchev–Trinajstić information content (AvgIpc) is 3.09. The van der Waals surface area contributed by atoms with Crippen LogP contribution in [0, 0.1) is 5.92 Å². The number of esters is 1. The van der Waals surface area contributed by atoms with Crippen molar-refractivity contribution in [3.8, 4) is 0 Å². The number of likely N-dealkylation sites (N-methyl/N-ethyl adjacent to an activating group) is 1. The van der Waals surface area contributed by atoms with E-state index in [1.165, 1.54) is 33.1 Å². The fourth-order valence-corrected chi connectivity index (χ4v) is 6.16. The number of ether oxygens (including phenoxy) is 2. The first-order valence-corrected chi connectivity index (χ1v) is 11.4. The number of piperidine rings is 1. The molecule has 0 amide bonds. The van der Waals surface area contributed by atoms with Crippen molar-refractivity contribution < 1.29 is 19.2 Å². The van der Waals surface area contributed by atoms with Crippen molar-refractivity contribution in [2.24, 2.45) is 13.0 Å². The van der Waals surface area contributed by atoms with E-state index in [-0.39, 0.29) is 17.5 Å². The van der Waals surface area contributed by atoms with Crippen molar-refractivity contribution in [1.82, 2.24) is 9.55 Å². The first-order valence-electron chi connectivity index (χ1n) is 10.7. The molecule has 1 N–H and O–H groups in total. The molecule has 2 aromatic heterocycles. The van der Waals surface area contributed by atoms with Crippen LogP contribution >= 0.6 is 15.9 Å². The highest BCUT2D eigenvalue weighted by Crippen LogP contribution is 2.46. The van der Waals surface area contributed by atoms with Gasteiger partial charge in [-0.15, -0.1) is 0 Å². The lowest BCUT2D eigenvalue weighted by Gasteiger charge is -2.50. The quantitative estimate of drug-likeness (QED) is 0.578. The smallest absolute Gasteiger partial charge is 0.339 e. The highest BCUT2D eigenvalue weighted by molar-refractivity contribution is 9.10. The lowest BCUT2D eigenvalue weighted by molar-refractivity contribution is -0.925. The predicted molar refractivity (Wildman–Crippen MR) is 121 cm³/mol. The molecule has 0 radical (unpaired) electrons. The number of carbonyl (C=O) groups is 1. The second kappa shape index (κ2) is 7.73. The lowest BCUT2D eigenvalue weighted by atomic mass is 9.69. The summed E-state index contributed by atoms with van der Waals surface area (Å²) in [6.07, 6.45) is 7.28. The highest BCUT2D eigenvalue weighted by atomic mass is 79.9. The Morgan fingerprint density at radius 2 is 2.23 bits per heavy atom. The first-order chi connectivity index (χ1) is 14.9. The Hall–Kier alpha value is -2.22. The molecule has 162 valence electrons. The molecule has 1 aromatic carbocycles. The van der Waals surface area contributed by atoms with E-state index in [4.69, 9.17) is 9.47 Å². The molecule has 3 aromatic rings. The number of nitrogens with zero attached hydrogens (tertiary/aromatic N) is 2. The second-order valence-corrected chi connectivity index (χ2v) is 9.84. The van der Waals surface area contributed by atoms with E-state index in [1.54, 1.807) is 12.3 Å². The van der Waals surface area contributed by atoms with Gasteiger partial charge in [0.2, 0.25) is 0 Å². The number of likely N-dealkylation sites (tertiary alicyclic amines) is 1. The Balaban J connectivity index is 1.44. The van der Waals surface area contributed by atoms with E-state index in [1.807, 2.05) is 7.11 Å². The fraction of sp³-hybridized carbons (Fsp3) is 0.417. The Kier molecular flexibility index (Phi) is 5.15. The average molecular weight is 485 g/mol. The molecule has 1 aliphatic carbocycles. The van der Waals surface area contributed by atoms with E-state index < -0.39 is 0 Å². The second-order valence-electron chi connectivity index (χ2n) is 8.93. The summed E-state index contributed by atoms with van der Waals surface area (Å²) in [7, 11) is 6.17. The molecule has 7 heteroatoms. The van der Waals surface area contributed by atoms with Gasteiger partial charge in [0.25, 0.3) is 0 Å². The SMILES string of the molecule is CO[C@@]12C[C@@H](COC(=O)c3cncc(Br)c3)C[NH+](C)[C@@H]1Cc1cn(C)c3cccc2c13. The molecule has 0 spiro atoms. The van der Waals surface area contributed by atoms with Gasteiger partial charge in [-0.25, -0.2) is 4.79 Å². The van der Waals surface area contributed by atoms with Crippen molar-refractivity contribution in [2.45, 2.75) is 24.5 Å². The van der Waals surface area contributed by atoms with Crippen LogP contribution < -0.4 is 4.90 Å². The van der Waals surface area contributed by atoms with Gasteiger partial charge in [0.15, 0.2) is 0 Å². The number of nitrogens with one attached hydrogen (secondary N) is 1. The van der Waals surface area contributed by atoms with Crippen molar-refractivity contribution >= 4 is 32.8 Å².